The maximum absolute atomic E-state index is 15.2. The van der Waals surface area contributed by atoms with Crippen LogP contribution in [-0.4, -0.2) is 0 Å². The van der Waals surface area contributed by atoms with E-state index in [1.807, 2.05) is 194 Å². The molecule has 21 rings (SSSR count). The number of hydrogen-bond acceptors (Lipinski definition) is 5. The molecule has 0 fully saturated rings. The number of rotatable bonds is 6. The van der Waals surface area contributed by atoms with Gasteiger partial charge in [-0.3, -0.25) is 0 Å². The smallest absolute Gasteiger partial charge is 0.216 e. The van der Waals surface area contributed by atoms with Gasteiger partial charge in [0, 0.05) is 126 Å². The molecule has 18 heteroatoms. The molecule has 0 spiro atoms. The molecule has 0 unspecified atom stereocenters. The van der Waals surface area contributed by atoms with E-state index in [0.717, 1.165) is 140 Å². The third kappa shape index (κ3) is 15.1. The number of hydrogen-bond donors (Lipinski definition) is 0. The first-order chi connectivity index (χ1) is 59.9. The first-order valence-corrected chi connectivity index (χ1v) is 40.9. The summed E-state index contributed by atoms with van der Waals surface area (Å²) in [5.41, 5.74) is 27.1. The zero-order valence-electron chi connectivity index (χ0n) is 71.9. The Bertz CT molecular complexity index is 7930. The third-order valence-corrected chi connectivity index (χ3v) is 23.5. The number of fused-ring (bicyclic) bond motifs is 15. The lowest BCUT2D eigenvalue weighted by Crippen LogP contribution is -2.31. The molecule has 21 aromatic rings. The Morgan fingerprint density at radius 1 is 0.224 bits per heavy atom. The van der Waals surface area contributed by atoms with E-state index in [1.165, 1.54) is 65.7 Å². The van der Waals surface area contributed by atoms with Crippen LogP contribution >= 0.6 is 0 Å². The maximum atomic E-state index is 15.2. The molecule has 0 aliphatic carbocycles. The number of aryl methyl sites for hydroxylation is 16. The minimum atomic E-state index is -0.641. The highest BCUT2D eigenvalue weighted by Crippen LogP contribution is 2.46. The standard InChI is InChI=1S/C26H20F2NO.C21H19FNO.2C20H16F2NO.C20H17FNO/c1-15-11-12-29(3)21(13-15)22-16(2)14-20(28)24-18-9-10-19(27)23(25(18)30-26(22)24)17-7-5-4-6-8-17;1-12-5-10-18(23(4)11-12)19-13(2)6-7-16-15-8-9-17(22)14(3)20(15)24-21(16)19;1-11-4-7-16(23(3)10-11)18-12(2)8-15(22)19-14-6-5-13(21)9-17(14)24-20(18)19;1-11-4-7-16(23(3)10-11)18-12(2)5-6-14-19-15(22)8-13(21)9-17(19)24-20(14)18;1-12-4-9-17(22(3)11-12)19-13(2)5-7-16-15-8-6-14(21)10-18(15)23-20(16)19/h4-14H,1-3H3;5-11H,1-4H3;2*4-10H,1-3H3;4-11H,1-3H3/q5*+1. The summed E-state index contributed by atoms with van der Waals surface area (Å²) in [6, 6.07) is 62.1. The van der Waals surface area contributed by atoms with Crippen LogP contribution in [0.3, 0.4) is 0 Å². The average Bonchev–Trinajstić information content (AvgIpc) is 1.21. The van der Waals surface area contributed by atoms with E-state index in [1.54, 1.807) is 31.2 Å². The number of benzene rings is 11. The fourth-order valence-corrected chi connectivity index (χ4v) is 17.5. The molecule has 0 aliphatic heterocycles. The van der Waals surface area contributed by atoms with Crippen molar-refractivity contribution in [3.8, 4) is 67.4 Å². The van der Waals surface area contributed by atoms with Crippen LogP contribution < -0.4 is 22.8 Å². The summed E-state index contributed by atoms with van der Waals surface area (Å²) >= 11 is 0. The van der Waals surface area contributed by atoms with Gasteiger partial charge >= 0.3 is 0 Å². The van der Waals surface area contributed by atoms with Crippen molar-refractivity contribution in [2.45, 2.75) is 76.2 Å². The van der Waals surface area contributed by atoms with Crippen molar-refractivity contribution in [1.82, 2.24) is 0 Å². The molecule has 10 heterocycles. The molecular weight excluding hydrogens is 1590 g/mol. The molecule has 0 atom stereocenters. The van der Waals surface area contributed by atoms with E-state index in [-0.39, 0.29) is 28.9 Å². The fraction of sp³-hybridized carbons (Fsp3) is 0.150. The lowest BCUT2D eigenvalue weighted by molar-refractivity contribution is -0.660. The van der Waals surface area contributed by atoms with Gasteiger partial charge in [0.1, 0.15) is 126 Å². The van der Waals surface area contributed by atoms with Gasteiger partial charge in [0.05, 0.1) is 49.5 Å². The maximum Gasteiger partial charge on any atom is 0.216 e. The summed E-state index contributed by atoms with van der Waals surface area (Å²) in [4.78, 5) is 0. The first-order valence-electron chi connectivity index (χ1n) is 40.9. The van der Waals surface area contributed by atoms with E-state index in [0.29, 0.717) is 88.1 Å². The van der Waals surface area contributed by atoms with Crippen molar-refractivity contribution >= 4 is 110 Å². The van der Waals surface area contributed by atoms with Gasteiger partial charge in [-0.15, -0.1) is 0 Å². The molecule has 0 N–H and O–H groups in total. The highest BCUT2D eigenvalue weighted by atomic mass is 19.2. The Balaban J connectivity index is 0.000000111. The number of nitrogens with zero attached hydrogens (tertiary/aromatic N) is 5. The lowest BCUT2D eigenvalue weighted by atomic mass is 9.98. The molecule has 0 saturated heterocycles. The minimum absolute atomic E-state index is 0.226. The molecule has 10 aromatic heterocycles. The van der Waals surface area contributed by atoms with Crippen LogP contribution in [0.2, 0.25) is 0 Å². The van der Waals surface area contributed by atoms with E-state index in [4.69, 9.17) is 22.1 Å². The molecule has 0 radical (unpaired) electrons. The van der Waals surface area contributed by atoms with Crippen molar-refractivity contribution in [3.05, 3.63) is 351 Å². The van der Waals surface area contributed by atoms with Crippen molar-refractivity contribution in [2.24, 2.45) is 35.2 Å². The van der Waals surface area contributed by atoms with Gasteiger partial charge in [0.25, 0.3) is 0 Å². The second-order valence-corrected chi connectivity index (χ2v) is 32.7. The molecule has 10 nitrogen and oxygen atoms in total. The van der Waals surface area contributed by atoms with E-state index in [2.05, 4.69) is 91.7 Å². The predicted octanol–water partition coefficient (Wildman–Crippen LogP) is 26.6. The molecule has 0 amide bonds. The summed E-state index contributed by atoms with van der Waals surface area (Å²) in [6.45, 7) is 21.8. The summed E-state index contributed by atoms with van der Waals surface area (Å²) in [7, 11) is 9.92. The van der Waals surface area contributed by atoms with Crippen LogP contribution in [0, 0.1) is 123 Å². The molecule has 125 heavy (non-hydrogen) atoms. The van der Waals surface area contributed by atoms with Crippen LogP contribution in [0.5, 0.6) is 0 Å². The number of aromatic nitrogens is 5. The van der Waals surface area contributed by atoms with Crippen molar-refractivity contribution in [2.75, 3.05) is 0 Å². The summed E-state index contributed by atoms with van der Waals surface area (Å²) < 4.78 is 154. The van der Waals surface area contributed by atoms with E-state index in [9.17, 15) is 30.7 Å². The quantitative estimate of drug-likeness (QED) is 0.122. The normalized spacial score (nSPS) is 11.5. The van der Waals surface area contributed by atoms with Crippen LogP contribution in [0.4, 0.5) is 35.1 Å². The third-order valence-electron chi connectivity index (χ3n) is 23.5. The molecule has 0 bridgehead atoms. The van der Waals surface area contributed by atoms with Gasteiger partial charge in [0.15, 0.2) is 42.2 Å². The summed E-state index contributed by atoms with van der Waals surface area (Å²) in [5, 5.41) is 6.84. The van der Waals surface area contributed by atoms with Crippen LogP contribution in [0.1, 0.15) is 61.2 Å². The fourth-order valence-electron chi connectivity index (χ4n) is 17.5. The Kier molecular flexibility index (Phi) is 21.7. The van der Waals surface area contributed by atoms with Gasteiger partial charge in [-0.25, -0.2) is 58.0 Å². The highest BCUT2D eigenvalue weighted by molar-refractivity contribution is 6.16. The average molecular weight is 1680 g/mol. The Morgan fingerprint density at radius 3 is 1.13 bits per heavy atom. The SMILES string of the molecule is Cc1cc[n+](C)c(-c2c(C)cc(F)c3c2oc2c(-c4ccccc4)c(F)ccc23)c1.Cc1ccc(-c2c(C)cc(F)c3c2oc2cc(F)ccc23)[n+](C)c1.Cc1ccc(-c2c(C)ccc3c2oc2c(C)c(F)ccc23)[n+](C)c1.Cc1ccc(-c2c(C)ccc3c2oc2cc(F)cc(F)c23)[n+](C)c1.Cc1ccc(-c2c(C)ccc3c2oc2cc(F)ccc23)[n+](C)c1. The lowest BCUT2D eigenvalue weighted by Gasteiger charge is -2.07. The van der Waals surface area contributed by atoms with Gasteiger partial charge < -0.3 is 22.1 Å². The molecule has 622 valence electrons. The predicted molar refractivity (Wildman–Crippen MR) is 479 cm³/mol. The van der Waals surface area contributed by atoms with Gasteiger partial charge in [-0.1, -0.05) is 66.7 Å². The number of furan rings is 5. The van der Waals surface area contributed by atoms with Crippen LogP contribution in [-0.2, 0) is 35.2 Å². The van der Waals surface area contributed by atoms with Gasteiger partial charge in [-0.05, 0) is 200 Å². The minimum Gasteiger partial charge on any atom is -0.455 e. The highest BCUT2D eigenvalue weighted by Gasteiger charge is 2.31. The van der Waals surface area contributed by atoms with Crippen LogP contribution in [0.15, 0.2) is 265 Å². The summed E-state index contributed by atoms with van der Waals surface area (Å²) in [5.74, 6) is -3.28. The van der Waals surface area contributed by atoms with Crippen molar-refractivity contribution < 1.29 is 80.0 Å². The molecule has 11 aromatic carbocycles. The summed E-state index contributed by atoms with van der Waals surface area (Å²) in [6.07, 6.45) is 10.2. The Morgan fingerprint density at radius 2 is 0.592 bits per heavy atom. The Hall–Kier alpha value is -14.4. The monoisotopic (exact) mass is 1670 g/mol. The second kappa shape index (κ2) is 32.8. The Labute approximate surface area is 715 Å². The van der Waals surface area contributed by atoms with E-state index >= 15 is 4.39 Å². The van der Waals surface area contributed by atoms with Gasteiger partial charge in [-0.2, -0.15) is 0 Å². The van der Waals surface area contributed by atoms with E-state index < -0.39 is 23.3 Å². The topological polar surface area (TPSA) is 85.1 Å². The molecule has 0 saturated carbocycles. The second-order valence-electron chi connectivity index (χ2n) is 32.7. The van der Waals surface area contributed by atoms with Crippen molar-refractivity contribution in [3.63, 3.8) is 0 Å². The first kappa shape index (κ1) is 82.9. The zero-order valence-corrected chi connectivity index (χ0v) is 71.9. The van der Waals surface area contributed by atoms with Crippen molar-refractivity contribution in [1.29, 1.82) is 0 Å². The number of halogens is 8. The molecule has 0 aliphatic rings. The zero-order chi connectivity index (χ0) is 88.2. The molecular formula is C107H88F8N5O5+5. The largest absolute Gasteiger partial charge is 0.455 e. The van der Waals surface area contributed by atoms with Gasteiger partial charge in [0.2, 0.25) is 28.5 Å². The number of pyridine rings is 5. The van der Waals surface area contributed by atoms with Crippen LogP contribution in [0.25, 0.3) is 177 Å².